The number of esters is 1. The van der Waals surface area contributed by atoms with E-state index in [1.807, 2.05) is 0 Å². The number of carbonyl (C=O) groups is 2. The molecule has 1 aromatic carbocycles. The Morgan fingerprint density at radius 3 is 2.58 bits per heavy atom. The fourth-order valence-electron chi connectivity index (χ4n) is 2.27. The van der Waals surface area contributed by atoms with Crippen LogP contribution in [0, 0.1) is 0 Å². The van der Waals surface area contributed by atoms with Crippen molar-refractivity contribution in [1.82, 2.24) is 4.31 Å². The van der Waals surface area contributed by atoms with E-state index in [1.165, 1.54) is 22.5 Å². The lowest BCUT2D eigenvalue weighted by Gasteiger charge is -2.16. The Bertz CT molecular complexity index is 729. The first-order valence-corrected chi connectivity index (χ1v) is 9.41. The number of hydrogen-bond acceptors (Lipinski definition) is 5. The molecule has 1 amide bonds. The van der Waals surface area contributed by atoms with E-state index < -0.39 is 28.5 Å². The molecule has 0 spiro atoms. The second-order valence-electron chi connectivity index (χ2n) is 5.32. The molecular weight excluding hydrogens is 356 g/mol. The molecule has 1 N–H and O–H groups in total. The van der Waals surface area contributed by atoms with Crippen LogP contribution in [0.1, 0.15) is 26.2 Å². The molecule has 1 aliphatic heterocycles. The Morgan fingerprint density at radius 1 is 1.29 bits per heavy atom. The Labute approximate surface area is 146 Å². The predicted molar refractivity (Wildman–Crippen MR) is 89.3 cm³/mol. The van der Waals surface area contributed by atoms with Crippen LogP contribution in [-0.2, 0) is 24.3 Å². The molecule has 1 aromatic rings. The van der Waals surface area contributed by atoms with Gasteiger partial charge in [0, 0.05) is 19.5 Å². The first-order valence-electron chi connectivity index (χ1n) is 7.59. The number of ether oxygens (including phenoxy) is 1. The smallest absolute Gasteiger partial charge is 0.306 e. The van der Waals surface area contributed by atoms with Crippen LogP contribution in [0.5, 0.6) is 0 Å². The third kappa shape index (κ3) is 4.46. The Morgan fingerprint density at radius 2 is 1.96 bits per heavy atom. The van der Waals surface area contributed by atoms with Crippen molar-refractivity contribution in [2.45, 2.75) is 31.1 Å². The van der Waals surface area contributed by atoms with Crippen molar-refractivity contribution in [3.8, 4) is 0 Å². The third-order valence-electron chi connectivity index (χ3n) is 3.57. The van der Waals surface area contributed by atoms with Crippen LogP contribution < -0.4 is 5.32 Å². The molecule has 0 aliphatic carbocycles. The number of amides is 1. The highest BCUT2D eigenvalue weighted by Gasteiger charge is 2.27. The van der Waals surface area contributed by atoms with Gasteiger partial charge in [0.2, 0.25) is 10.0 Å². The van der Waals surface area contributed by atoms with Crippen molar-refractivity contribution in [3.05, 3.63) is 23.2 Å². The molecular formula is C15H19ClN2O5S. The molecule has 0 aromatic heterocycles. The number of halogens is 1. The summed E-state index contributed by atoms with van der Waals surface area (Å²) in [5.74, 6) is -1.09. The minimum Gasteiger partial charge on any atom is -0.456 e. The highest BCUT2D eigenvalue weighted by molar-refractivity contribution is 7.89. The van der Waals surface area contributed by atoms with Gasteiger partial charge in [0.25, 0.3) is 5.91 Å². The zero-order valence-corrected chi connectivity index (χ0v) is 14.8. The number of benzene rings is 1. The van der Waals surface area contributed by atoms with E-state index >= 15 is 0 Å². The Balaban J connectivity index is 2.13. The number of nitrogens with one attached hydrogen (secondary N) is 1. The molecule has 1 fully saturated rings. The van der Waals surface area contributed by atoms with Gasteiger partial charge in [-0.15, -0.1) is 0 Å². The van der Waals surface area contributed by atoms with E-state index in [0.29, 0.717) is 13.1 Å². The molecule has 0 saturated carbocycles. The summed E-state index contributed by atoms with van der Waals surface area (Å²) >= 11 is 6.01. The highest BCUT2D eigenvalue weighted by atomic mass is 35.5. The van der Waals surface area contributed by atoms with Gasteiger partial charge in [0.05, 0.1) is 15.6 Å². The Kier molecular flexibility index (Phi) is 6.20. The van der Waals surface area contributed by atoms with E-state index in [-0.39, 0.29) is 22.0 Å². The van der Waals surface area contributed by atoms with Crippen LogP contribution in [-0.4, -0.2) is 44.3 Å². The average Bonchev–Trinajstić information content (AvgIpc) is 3.09. The SMILES string of the molecule is CCC(=O)OCC(=O)Nc1cc(S(=O)(=O)N2CCCC2)ccc1Cl. The number of rotatable bonds is 6. The number of anilines is 1. The van der Waals surface area contributed by atoms with Crippen molar-refractivity contribution < 1.29 is 22.7 Å². The van der Waals surface area contributed by atoms with Crippen molar-refractivity contribution in [2.24, 2.45) is 0 Å². The fourth-order valence-corrected chi connectivity index (χ4v) is 3.98. The molecule has 0 atom stereocenters. The quantitative estimate of drug-likeness (QED) is 0.769. The molecule has 132 valence electrons. The van der Waals surface area contributed by atoms with Gasteiger partial charge in [0.1, 0.15) is 0 Å². The summed E-state index contributed by atoms with van der Waals surface area (Å²) in [7, 11) is -3.61. The number of hydrogen-bond donors (Lipinski definition) is 1. The summed E-state index contributed by atoms with van der Waals surface area (Å²) in [6.07, 6.45) is 1.83. The molecule has 0 unspecified atom stereocenters. The normalized spacial score (nSPS) is 15.2. The molecule has 1 aliphatic rings. The van der Waals surface area contributed by atoms with Crippen LogP contribution in [0.3, 0.4) is 0 Å². The zero-order valence-electron chi connectivity index (χ0n) is 13.2. The average molecular weight is 375 g/mol. The molecule has 2 rings (SSSR count). The summed E-state index contributed by atoms with van der Waals surface area (Å²) in [6, 6.07) is 4.14. The molecule has 24 heavy (non-hydrogen) atoms. The first-order chi connectivity index (χ1) is 11.3. The number of sulfonamides is 1. The van der Waals surface area contributed by atoms with Crippen molar-refractivity contribution in [3.63, 3.8) is 0 Å². The highest BCUT2D eigenvalue weighted by Crippen LogP contribution is 2.28. The van der Waals surface area contributed by atoms with Gasteiger partial charge >= 0.3 is 5.97 Å². The maximum atomic E-state index is 12.5. The molecule has 0 bridgehead atoms. The second-order valence-corrected chi connectivity index (χ2v) is 7.66. The number of carbonyl (C=O) groups excluding carboxylic acids is 2. The molecule has 1 saturated heterocycles. The minimum absolute atomic E-state index is 0.0645. The van der Waals surface area contributed by atoms with Gasteiger partial charge in [-0.25, -0.2) is 8.42 Å². The van der Waals surface area contributed by atoms with Crippen LogP contribution in [0.25, 0.3) is 0 Å². The van der Waals surface area contributed by atoms with Gasteiger partial charge in [-0.05, 0) is 31.0 Å². The molecule has 0 radical (unpaired) electrons. The van der Waals surface area contributed by atoms with Crippen LogP contribution in [0.4, 0.5) is 5.69 Å². The summed E-state index contributed by atoms with van der Waals surface area (Å²) in [4.78, 5) is 22.9. The fraction of sp³-hybridized carbons (Fsp3) is 0.467. The third-order valence-corrected chi connectivity index (χ3v) is 5.79. The van der Waals surface area contributed by atoms with E-state index in [4.69, 9.17) is 16.3 Å². The standard InChI is InChI=1S/C15H19ClN2O5S/c1-2-15(20)23-10-14(19)17-13-9-11(5-6-12(13)16)24(21,22)18-7-3-4-8-18/h5-6,9H,2-4,7-8,10H2,1H3,(H,17,19). The lowest BCUT2D eigenvalue weighted by Crippen LogP contribution is -2.28. The molecule has 1 heterocycles. The van der Waals surface area contributed by atoms with Gasteiger partial charge in [-0.3, -0.25) is 9.59 Å². The van der Waals surface area contributed by atoms with Gasteiger partial charge in [0.15, 0.2) is 6.61 Å². The minimum atomic E-state index is -3.61. The van der Waals surface area contributed by atoms with Gasteiger partial charge in [-0.2, -0.15) is 4.31 Å². The van der Waals surface area contributed by atoms with Crippen molar-refractivity contribution >= 4 is 39.2 Å². The van der Waals surface area contributed by atoms with Crippen LogP contribution >= 0.6 is 11.6 Å². The summed E-state index contributed by atoms with van der Waals surface area (Å²) in [5, 5.41) is 2.66. The van der Waals surface area contributed by atoms with E-state index in [0.717, 1.165) is 12.8 Å². The Hall–Kier alpha value is -1.64. The second kappa shape index (κ2) is 7.96. The topological polar surface area (TPSA) is 92.8 Å². The van der Waals surface area contributed by atoms with Gasteiger partial charge < -0.3 is 10.1 Å². The summed E-state index contributed by atoms with van der Waals surface area (Å²) in [5.41, 5.74) is 0.162. The van der Waals surface area contributed by atoms with E-state index in [1.54, 1.807) is 6.92 Å². The largest absolute Gasteiger partial charge is 0.456 e. The van der Waals surface area contributed by atoms with Crippen molar-refractivity contribution in [2.75, 3.05) is 25.0 Å². The molecule has 9 heteroatoms. The predicted octanol–water partition coefficient (Wildman–Crippen LogP) is 2.02. The first kappa shape index (κ1) is 18.7. The molecule has 7 nitrogen and oxygen atoms in total. The van der Waals surface area contributed by atoms with E-state index in [9.17, 15) is 18.0 Å². The van der Waals surface area contributed by atoms with E-state index in [2.05, 4.69) is 5.32 Å². The van der Waals surface area contributed by atoms with Gasteiger partial charge in [-0.1, -0.05) is 18.5 Å². The lowest BCUT2D eigenvalue weighted by molar-refractivity contribution is -0.146. The number of nitrogens with zero attached hydrogens (tertiary/aromatic N) is 1. The maximum Gasteiger partial charge on any atom is 0.306 e. The lowest BCUT2D eigenvalue weighted by atomic mass is 10.3. The summed E-state index contributed by atoms with van der Waals surface area (Å²) in [6.45, 7) is 2.13. The monoisotopic (exact) mass is 374 g/mol. The summed E-state index contributed by atoms with van der Waals surface area (Å²) < 4.78 is 31.2. The zero-order chi connectivity index (χ0) is 17.7. The van der Waals surface area contributed by atoms with Crippen LogP contribution in [0.15, 0.2) is 23.1 Å². The van der Waals surface area contributed by atoms with Crippen LogP contribution in [0.2, 0.25) is 5.02 Å². The van der Waals surface area contributed by atoms with Crippen molar-refractivity contribution in [1.29, 1.82) is 0 Å². The maximum absolute atomic E-state index is 12.5.